The van der Waals surface area contributed by atoms with Crippen molar-refractivity contribution in [2.75, 3.05) is 18.5 Å². The monoisotopic (exact) mass is 410 g/mol. The lowest BCUT2D eigenvalue weighted by molar-refractivity contribution is -0.140. The largest absolute Gasteiger partial charge is 0.459 e. The minimum absolute atomic E-state index is 0.109. The third-order valence-corrected chi connectivity index (χ3v) is 6.01. The Bertz CT molecular complexity index is 889. The van der Waals surface area contributed by atoms with Gasteiger partial charge in [-0.1, -0.05) is 12.8 Å². The minimum atomic E-state index is -0.551. The van der Waals surface area contributed by atoms with Crippen LogP contribution in [0.4, 0.5) is 5.69 Å². The van der Waals surface area contributed by atoms with Crippen molar-refractivity contribution in [3.05, 3.63) is 54.0 Å². The molecule has 2 atom stereocenters. The molecule has 2 heterocycles. The van der Waals surface area contributed by atoms with Crippen molar-refractivity contribution in [1.29, 1.82) is 0 Å². The van der Waals surface area contributed by atoms with Crippen LogP contribution in [-0.2, 0) is 9.53 Å². The van der Waals surface area contributed by atoms with Crippen LogP contribution in [0.25, 0.3) is 0 Å². The Morgan fingerprint density at radius 2 is 1.80 bits per heavy atom. The maximum absolute atomic E-state index is 12.7. The quantitative estimate of drug-likeness (QED) is 0.756. The van der Waals surface area contributed by atoms with Gasteiger partial charge in [0, 0.05) is 18.3 Å². The van der Waals surface area contributed by atoms with E-state index in [1.165, 1.54) is 25.5 Å². The molecule has 1 aliphatic carbocycles. The summed E-state index contributed by atoms with van der Waals surface area (Å²) in [4.78, 5) is 38.9. The Kier molecular flexibility index (Phi) is 6.16. The molecule has 2 amide bonds. The first-order valence-electron chi connectivity index (χ1n) is 10.5. The summed E-state index contributed by atoms with van der Waals surface area (Å²) in [6, 6.07) is 9.83. The second kappa shape index (κ2) is 9.15. The van der Waals surface area contributed by atoms with Gasteiger partial charge in [0.05, 0.1) is 11.8 Å². The zero-order chi connectivity index (χ0) is 20.9. The molecule has 1 saturated carbocycles. The molecule has 0 unspecified atom stereocenters. The number of carbonyl (C=O) groups excluding carboxylic acids is 3. The van der Waals surface area contributed by atoms with E-state index in [0.29, 0.717) is 23.2 Å². The lowest BCUT2D eigenvalue weighted by Gasteiger charge is -2.44. The van der Waals surface area contributed by atoms with E-state index in [2.05, 4.69) is 5.32 Å². The van der Waals surface area contributed by atoms with E-state index < -0.39 is 5.97 Å². The highest BCUT2D eigenvalue weighted by Crippen LogP contribution is 2.35. The Morgan fingerprint density at radius 1 is 1.03 bits per heavy atom. The number of piperidine rings is 1. The molecule has 0 radical (unpaired) electrons. The number of benzene rings is 1. The zero-order valence-corrected chi connectivity index (χ0v) is 16.8. The molecule has 7 heteroatoms. The van der Waals surface area contributed by atoms with Crippen LogP contribution in [0, 0.1) is 5.92 Å². The number of nitrogens with zero attached hydrogens (tertiary/aromatic N) is 1. The fourth-order valence-corrected chi connectivity index (χ4v) is 4.52. The van der Waals surface area contributed by atoms with Crippen LogP contribution in [-0.4, -0.2) is 41.9 Å². The highest BCUT2D eigenvalue weighted by molar-refractivity contribution is 6.02. The van der Waals surface area contributed by atoms with Gasteiger partial charge in [0.25, 0.3) is 11.8 Å². The molecule has 1 aromatic carbocycles. The molecule has 2 fully saturated rings. The molecule has 1 aliphatic heterocycles. The average Bonchev–Trinajstić information content (AvgIpc) is 3.32. The summed E-state index contributed by atoms with van der Waals surface area (Å²) in [5.74, 6) is -0.235. The van der Waals surface area contributed by atoms with Crippen molar-refractivity contribution in [2.45, 2.75) is 44.6 Å². The number of hydrogen-bond acceptors (Lipinski definition) is 5. The molecule has 1 N–H and O–H groups in total. The Hall–Kier alpha value is -3.09. The summed E-state index contributed by atoms with van der Waals surface area (Å²) >= 11 is 0. The molecule has 158 valence electrons. The number of hydrogen-bond donors (Lipinski definition) is 1. The normalized spacial score (nSPS) is 20.9. The summed E-state index contributed by atoms with van der Waals surface area (Å²) in [7, 11) is 0. The molecule has 0 spiro atoms. The van der Waals surface area contributed by atoms with Gasteiger partial charge in [0.15, 0.2) is 12.4 Å². The highest BCUT2D eigenvalue weighted by atomic mass is 16.5. The van der Waals surface area contributed by atoms with Crippen molar-refractivity contribution in [2.24, 2.45) is 5.92 Å². The van der Waals surface area contributed by atoms with E-state index in [9.17, 15) is 14.4 Å². The highest BCUT2D eigenvalue weighted by Gasteiger charge is 2.35. The molecule has 4 rings (SSSR count). The summed E-state index contributed by atoms with van der Waals surface area (Å²) in [5.41, 5.74) is 0.855. The van der Waals surface area contributed by atoms with Crippen molar-refractivity contribution < 1.29 is 23.5 Å². The van der Waals surface area contributed by atoms with E-state index in [1.807, 2.05) is 4.90 Å². The first-order chi connectivity index (χ1) is 14.6. The van der Waals surface area contributed by atoms with Gasteiger partial charge in [-0.15, -0.1) is 0 Å². The molecule has 1 saturated heterocycles. The molecule has 1 aromatic heterocycles. The summed E-state index contributed by atoms with van der Waals surface area (Å²) in [6.45, 7) is 0.515. The third-order valence-electron chi connectivity index (χ3n) is 6.01. The third kappa shape index (κ3) is 4.56. The van der Waals surface area contributed by atoms with E-state index in [0.717, 1.165) is 25.8 Å². The molecule has 2 aliphatic rings. The van der Waals surface area contributed by atoms with Crippen molar-refractivity contribution in [3.63, 3.8) is 0 Å². The summed E-state index contributed by atoms with van der Waals surface area (Å²) < 4.78 is 10.3. The first-order valence-corrected chi connectivity index (χ1v) is 10.5. The fourth-order valence-electron chi connectivity index (χ4n) is 4.52. The number of likely N-dealkylation sites (tertiary alicyclic amines) is 1. The lowest BCUT2D eigenvalue weighted by Crippen LogP contribution is -2.50. The van der Waals surface area contributed by atoms with Crippen LogP contribution < -0.4 is 5.32 Å². The summed E-state index contributed by atoms with van der Waals surface area (Å²) in [6.07, 6.45) is 8.28. The Labute approximate surface area is 175 Å². The Balaban J connectivity index is 1.29. The smallest absolute Gasteiger partial charge is 0.338 e. The fraction of sp³-hybridized carbons (Fsp3) is 0.435. The predicted octanol–water partition coefficient (Wildman–Crippen LogP) is 3.87. The number of amides is 2. The summed E-state index contributed by atoms with van der Waals surface area (Å²) in [5, 5.41) is 2.68. The number of esters is 1. The standard InChI is InChI=1S/C23H26N2O5/c26-21(25-13-3-6-16-5-1-2-7-19(16)25)15-30-23(28)17-9-11-18(12-10-17)24-22(27)20-8-4-14-29-20/h4,8-12,14,16,19H,1-3,5-7,13,15H2,(H,24,27)/t16-,19-/m0/s1. The lowest BCUT2D eigenvalue weighted by atomic mass is 9.78. The van der Waals surface area contributed by atoms with Gasteiger partial charge < -0.3 is 19.4 Å². The molecular weight excluding hydrogens is 384 g/mol. The number of ether oxygens (including phenoxy) is 1. The second-order valence-corrected chi connectivity index (χ2v) is 7.93. The molecule has 30 heavy (non-hydrogen) atoms. The molecule has 7 nitrogen and oxygen atoms in total. The Morgan fingerprint density at radius 3 is 2.57 bits per heavy atom. The van der Waals surface area contributed by atoms with Gasteiger partial charge in [-0.2, -0.15) is 0 Å². The molecule has 2 aromatic rings. The maximum atomic E-state index is 12.7. The zero-order valence-electron chi connectivity index (χ0n) is 16.8. The van der Waals surface area contributed by atoms with Crippen LogP contribution >= 0.6 is 0 Å². The van der Waals surface area contributed by atoms with E-state index in [1.54, 1.807) is 36.4 Å². The van der Waals surface area contributed by atoms with E-state index in [4.69, 9.17) is 9.15 Å². The van der Waals surface area contributed by atoms with Gasteiger partial charge in [-0.05, 0) is 68.0 Å². The SMILES string of the molecule is O=C(OCC(=O)N1CCC[C@@H]2CCCC[C@@H]21)c1ccc(NC(=O)c2ccco2)cc1. The molecular formula is C23H26N2O5. The van der Waals surface area contributed by atoms with Gasteiger partial charge in [0.1, 0.15) is 0 Å². The number of carbonyl (C=O) groups is 3. The topological polar surface area (TPSA) is 88.9 Å². The van der Waals surface area contributed by atoms with Crippen molar-refractivity contribution in [3.8, 4) is 0 Å². The number of furan rings is 1. The van der Waals surface area contributed by atoms with E-state index in [-0.39, 0.29) is 24.2 Å². The minimum Gasteiger partial charge on any atom is -0.459 e. The van der Waals surface area contributed by atoms with Crippen molar-refractivity contribution >= 4 is 23.5 Å². The van der Waals surface area contributed by atoms with Gasteiger partial charge in [0.2, 0.25) is 0 Å². The maximum Gasteiger partial charge on any atom is 0.338 e. The van der Waals surface area contributed by atoms with Crippen LogP contribution in [0.3, 0.4) is 0 Å². The van der Waals surface area contributed by atoms with Crippen LogP contribution in [0.2, 0.25) is 0 Å². The van der Waals surface area contributed by atoms with Crippen molar-refractivity contribution in [1.82, 2.24) is 4.90 Å². The second-order valence-electron chi connectivity index (χ2n) is 7.93. The van der Waals surface area contributed by atoms with Crippen LogP contribution in [0.1, 0.15) is 59.4 Å². The average molecular weight is 410 g/mol. The number of anilines is 1. The first kappa shape index (κ1) is 20.2. The number of fused-ring (bicyclic) bond motifs is 1. The molecule has 0 bridgehead atoms. The van der Waals surface area contributed by atoms with E-state index >= 15 is 0 Å². The predicted molar refractivity (Wildman–Crippen MR) is 110 cm³/mol. The number of nitrogens with one attached hydrogen (secondary N) is 1. The van der Waals surface area contributed by atoms with Crippen LogP contribution in [0.15, 0.2) is 47.1 Å². The van der Waals surface area contributed by atoms with Gasteiger partial charge in [-0.25, -0.2) is 4.79 Å². The van der Waals surface area contributed by atoms with Gasteiger partial charge in [-0.3, -0.25) is 9.59 Å². The van der Waals surface area contributed by atoms with Crippen LogP contribution in [0.5, 0.6) is 0 Å². The number of rotatable bonds is 5. The van der Waals surface area contributed by atoms with Gasteiger partial charge >= 0.3 is 5.97 Å².